The number of hydrogen-bond donors (Lipinski definition) is 1. The number of pyridine rings is 1. The Hall–Kier alpha value is -1.56. The molecular weight excluding hydrogens is 317 g/mol. The Labute approximate surface area is 131 Å². The van der Waals surface area contributed by atoms with E-state index < -0.39 is 12.1 Å². The summed E-state index contributed by atoms with van der Waals surface area (Å²) in [4.78, 5) is 15.5. The van der Waals surface area contributed by atoms with Crippen LogP contribution in [0.1, 0.15) is 5.69 Å². The highest BCUT2D eigenvalue weighted by atomic mass is 35.5. The molecule has 112 valence electrons. The van der Waals surface area contributed by atoms with Gasteiger partial charge in [-0.3, -0.25) is 0 Å². The second-order valence-electron chi connectivity index (χ2n) is 4.42. The lowest BCUT2D eigenvalue weighted by Crippen LogP contribution is -2.31. The first-order chi connectivity index (χ1) is 9.93. The molecule has 0 bridgehead atoms. The first-order valence-electron chi connectivity index (χ1n) is 6.07. The summed E-state index contributed by atoms with van der Waals surface area (Å²) in [6.07, 6.45) is -1.18. The number of carbonyl (C=O) groups is 1. The van der Waals surface area contributed by atoms with Gasteiger partial charge in [-0.1, -0.05) is 23.2 Å². The van der Waals surface area contributed by atoms with E-state index in [4.69, 9.17) is 37.8 Å². The van der Waals surface area contributed by atoms with Gasteiger partial charge in [0.2, 0.25) is 6.10 Å². The molecule has 0 saturated heterocycles. The molecule has 0 fully saturated rings. The van der Waals surface area contributed by atoms with Gasteiger partial charge in [0.1, 0.15) is 5.52 Å². The molecule has 0 radical (unpaired) electrons. The third-order valence-electron chi connectivity index (χ3n) is 2.83. The monoisotopic (exact) mass is 329 g/mol. The van der Waals surface area contributed by atoms with Gasteiger partial charge in [-0.2, -0.15) is 0 Å². The topological polar surface area (TPSA) is 68.7 Å². The van der Waals surface area contributed by atoms with Gasteiger partial charge in [-0.05, 0) is 25.1 Å². The number of aryl methyl sites for hydroxylation is 1. The summed E-state index contributed by atoms with van der Waals surface area (Å²) in [5, 5.41) is 10.4. The average Bonchev–Trinajstić information content (AvgIpc) is 2.41. The van der Waals surface area contributed by atoms with Crippen LogP contribution in [0, 0.1) is 6.92 Å². The van der Waals surface area contributed by atoms with Crippen LogP contribution < -0.4 is 4.74 Å². The molecule has 21 heavy (non-hydrogen) atoms. The van der Waals surface area contributed by atoms with Gasteiger partial charge in [0.15, 0.2) is 5.75 Å². The fourth-order valence-corrected chi connectivity index (χ4v) is 2.41. The van der Waals surface area contributed by atoms with Crippen molar-refractivity contribution in [3.8, 4) is 5.75 Å². The van der Waals surface area contributed by atoms with Gasteiger partial charge < -0.3 is 14.6 Å². The normalized spacial score (nSPS) is 12.4. The van der Waals surface area contributed by atoms with Crippen LogP contribution in [-0.4, -0.2) is 35.9 Å². The first kappa shape index (κ1) is 15.8. The Bertz CT molecular complexity index is 690. The molecule has 1 heterocycles. The van der Waals surface area contributed by atoms with E-state index in [1.165, 1.54) is 13.2 Å². The maximum absolute atomic E-state index is 11.2. The first-order valence-corrected chi connectivity index (χ1v) is 6.83. The number of ether oxygens (including phenoxy) is 2. The maximum Gasteiger partial charge on any atom is 0.347 e. The molecule has 1 aromatic carbocycles. The number of hydrogen-bond acceptors (Lipinski definition) is 4. The van der Waals surface area contributed by atoms with Crippen molar-refractivity contribution in [1.29, 1.82) is 0 Å². The van der Waals surface area contributed by atoms with E-state index in [1.54, 1.807) is 12.1 Å². The SMILES string of the molecule is COCC(Oc1c(Cl)cc(Cl)c2ccc(C)nc12)C(=O)O. The number of nitrogens with zero attached hydrogens (tertiary/aromatic N) is 1. The summed E-state index contributed by atoms with van der Waals surface area (Å²) >= 11 is 12.3. The number of benzene rings is 1. The predicted octanol–water partition coefficient (Wildman–Crippen LogP) is 3.33. The summed E-state index contributed by atoms with van der Waals surface area (Å²) in [5.74, 6) is -0.965. The van der Waals surface area contributed by atoms with Crippen LogP contribution in [-0.2, 0) is 9.53 Å². The van der Waals surface area contributed by atoms with Crippen molar-refractivity contribution in [2.45, 2.75) is 13.0 Å². The summed E-state index contributed by atoms with van der Waals surface area (Å²) in [5.41, 5.74) is 1.17. The number of fused-ring (bicyclic) bond motifs is 1. The van der Waals surface area contributed by atoms with E-state index in [2.05, 4.69) is 4.98 Å². The zero-order valence-electron chi connectivity index (χ0n) is 11.4. The smallest absolute Gasteiger partial charge is 0.347 e. The van der Waals surface area contributed by atoms with E-state index in [0.29, 0.717) is 15.9 Å². The molecule has 1 unspecified atom stereocenters. The molecule has 0 aliphatic rings. The Kier molecular flexibility index (Phi) is 4.88. The van der Waals surface area contributed by atoms with Crippen LogP contribution in [0.3, 0.4) is 0 Å². The molecule has 1 N–H and O–H groups in total. The standard InChI is InChI=1S/C14H13Cl2NO4/c1-7-3-4-8-9(15)5-10(16)13(12(8)17-7)21-11(6-20-2)14(18)19/h3-5,11H,6H2,1-2H3,(H,18,19). The zero-order valence-corrected chi connectivity index (χ0v) is 12.9. The molecule has 0 aliphatic heterocycles. The highest BCUT2D eigenvalue weighted by Gasteiger charge is 2.23. The lowest BCUT2D eigenvalue weighted by molar-refractivity contribution is -0.147. The number of aromatic nitrogens is 1. The van der Waals surface area contributed by atoms with E-state index in [0.717, 1.165) is 5.69 Å². The van der Waals surface area contributed by atoms with E-state index >= 15 is 0 Å². The second kappa shape index (κ2) is 6.47. The third-order valence-corrected chi connectivity index (χ3v) is 3.42. The molecule has 0 aliphatic carbocycles. The molecule has 7 heteroatoms. The minimum absolute atomic E-state index is 0.110. The maximum atomic E-state index is 11.2. The molecule has 1 atom stereocenters. The van der Waals surface area contributed by atoms with Gasteiger partial charge in [0, 0.05) is 18.2 Å². The molecule has 0 saturated carbocycles. The number of methoxy groups -OCH3 is 1. The fourth-order valence-electron chi connectivity index (χ4n) is 1.85. The van der Waals surface area contributed by atoms with Crippen molar-refractivity contribution in [1.82, 2.24) is 4.98 Å². The van der Waals surface area contributed by atoms with Crippen LogP contribution in [0.5, 0.6) is 5.75 Å². The number of carboxylic acids is 1. The number of halogens is 2. The van der Waals surface area contributed by atoms with Crippen molar-refractivity contribution in [2.24, 2.45) is 0 Å². The quantitative estimate of drug-likeness (QED) is 0.911. The highest BCUT2D eigenvalue weighted by Crippen LogP contribution is 2.37. The summed E-state index contributed by atoms with van der Waals surface area (Å²) in [7, 11) is 1.39. The molecule has 2 aromatic rings. The zero-order chi connectivity index (χ0) is 15.6. The van der Waals surface area contributed by atoms with Gasteiger partial charge >= 0.3 is 5.97 Å². The lowest BCUT2D eigenvalue weighted by atomic mass is 10.2. The van der Waals surface area contributed by atoms with Gasteiger partial charge in [0.05, 0.1) is 16.7 Å². The van der Waals surface area contributed by atoms with Crippen LogP contribution in [0.15, 0.2) is 18.2 Å². The molecule has 0 spiro atoms. The Morgan fingerprint density at radius 3 is 2.71 bits per heavy atom. The van der Waals surface area contributed by atoms with Crippen LogP contribution in [0.2, 0.25) is 10.0 Å². The average molecular weight is 330 g/mol. The van der Waals surface area contributed by atoms with Gasteiger partial charge in [-0.25, -0.2) is 9.78 Å². The fraction of sp³-hybridized carbons (Fsp3) is 0.286. The Morgan fingerprint density at radius 1 is 1.38 bits per heavy atom. The van der Waals surface area contributed by atoms with E-state index in [1.807, 2.05) is 6.92 Å². The predicted molar refractivity (Wildman–Crippen MR) is 80.4 cm³/mol. The summed E-state index contributed by atoms with van der Waals surface area (Å²) in [6, 6.07) is 5.09. The molecule has 5 nitrogen and oxygen atoms in total. The Morgan fingerprint density at radius 2 is 2.10 bits per heavy atom. The van der Waals surface area contributed by atoms with Crippen LogP contribution in [0.25, 0.3) is 10.9 Å². The van der Waals surface area contributed by atoms with Crippen molar-refractivity contribution in [2.75, 3.05) is 13.7 Å². The van der Waals surface area contributed by atoms with Crippen LogP contribution >= 0.6 is 23.2 Å². The number of aliphatic carboxylic acids is 1. The third kappa shape index (κ3) is 3.37. The summed E-state index contributed by atoms with van der Waals surface area (Å²) in [6.45, 7) is 1.70. The highest BCUT2D eigenvalue weighted by molar-refractivity contribution is 6.39. The van der Waals surface area contributed by atoms with Gasteiger partial charge in [-0.15, -0.1) is 0 Å². The molecule has 2 rings (SSSR count). The minimum atomic E-state index is -1.18. The molecule has 1 aromatic heterocycles. The van der Waals surface area contributed by atoms with Crippen molar-refractivity contribution in [3.05, 3.63) is 33.9 Å². The van der Waals surface area contributed by atoms with Crippen molar-refractivity contribution < 1.29 is 19.4 Å². The van der Waals surface area contributed by atoms with E-state index in [9.17, 15) is 4.79 Å². The van der Waals surface area contributed by atoms with Crippen molar-refractivity contribution >= 4 is 40.1 Å². The number of rotatable bonds is 5. The van der Waals surface area contributed by atoms with Crippen LogP contribution in [0.4, 0.5) is 0 Å². The lowest BCUT2D eigenvalue weighted by Gasteiger charge is -2.17. The second-order valence-corrected chi connectivity index (χ2v) is 5.23. The summed E-state index contributed by atoms with van der Waals surface area (Å²) < 4.78 is 10.3. The Balaban J connectivity index is 2.56. The van der Waals surface area contributed by atoms with Crippen molar-refractivity contribution in [3.63, 3.8) is 0 Å². The number of carboxylic acid groups (broad SMARTS) is 1. The van der Waals surface area contributed by atoms with Gasteiger partial charge in [0.25, 0.3) is 0 Å². The molecular formula is C14H13Cl2NO4. The largest absolute Gasteiger partial charge is 0.478 e. The van der Waals surface area contributed by atoms with E-state index in [-0.39, 0.29) is 17.4 Å². The minimum Gasteiger partial charge on any atom is -0.478 e. The molecule has 0 amide bonds.